The quantitative estimate of drug-likeness (QED) is 0.611. The SMILES string of the molecule is COCCOC(=O)[C@@H](C)n1cnc2sc3c(c2c1=O)CC[C@@H](C)C3. The Kier molecular flexibility index (Phi) is 5.01. The highest BCUT2D eigenvalue weighted by atomic mass is 32.1. The number of fused-ring (bicyclic) bond motifs is 3. The van der Waals surface area contributed by atoms with Crippen molar-refractivity contribution in [2.24, 2.45) is 5.92 Å². The van der Waals surface area contributed by atoms with Gasteiger partial charge in [-0.15, -0.1) is 11.3 Å². The highest BCUT2D eigenvalue weighted by Crippen LogP contribution is 2.35. The van der Waals surface area contributed by atoms with Crippen molar-refractivity contribution >= 4 is 27.5 Å². The van der Waals surface area contributed by atoms with Crippen molar-refractivity contribution in [1.29, 1.82) is 0 Å². The standard InChI is InChI=1S/C17H22N2O4S/c1-10-4-5-12-13(8-10)24-15-14(12)16(20)19(9-18-15)11(2)17(21)23-7-6-22-3/h9-11H,4-8H2,1-3H3/t10-,11-/m1/s1. The molecule has 0 aromatic carbocycles. The van der Waals surface area contributed by atoms with Crippen molar-refractivity contribution < 1.29 is 14.3 Å². The van der Waals surface area contributed by atoms with E-state index in [1.54, 1.807) is 25.4 Å². The smallest absolute Gasteiger partial charge is 0.329 e. The molecule has 0 saturated heterocycles. The van der Waals surface area contributed by atoms with E-state index < -0.39 is 12.0 Å². The number of hydrogen-bond donors (Lipinski definition) is 0. The Balaban J connectivity index is 1.94. The highest BCUT2D eigenvalue weighted by Gasteiger charge is 2.25. The first-order chi connectivity index (χ1) is 11.5. The normalized spacial score (nSPS) is 18.4. The third kappa shape index (κ3) is 3.10. The van der Waals surface area contributed by atoms with Crippen molar-refractivity contribution in [2.75, 3.05) is 20.3 Å². The fourth-order valence-electron chi connectivity index (χ4n) is 3.08. The zero-order valence-electron chi connectivity index (χ0n) is 14.2. The molecule has 130 valence electrons. The zero-order chi connectivity index (χ0) is 17.3. The molecule has 0 spiro atoms. The number of thiophene rings is 1. The maximum Gasteiger partial charge on any atom is 0.329 e. The van der Waals surface area contributed by atoms with Gasteiger partial charge in [-0.25, -0.2) is 9.78 Å². The first-order valence-corrected chi connectivity index (χ1v) is 9.01. The molecule has 0 N–H and O–H groups in total. The van der Waals surface area contributed by atoms with E-state index in [0.717, 1.165) is 29.7 Å². The van der Waals surface area contributed by atoms with E-state index >= 15 is 0 Å². The van der Waals surface area contributed by atoms with Gasteiger partial charge >= 0.3 is 5.97 Å². The molecule has 0 saturated carbocycles. The molecule has 7 heteroatoms. The van der Waals surface area contributed by atoms with Gasteiger partial charge in [0, 0.05) is 12.0 Å². The maximum absolute atomic E-state index is 12.9. The molecular formula is C17H22N2O4S. The Morgan fingerprint density at radius 1 is 1.50 bits per heavy atom. The zero-order valence-corrected chi connectivity index (χ0v) is 15.0. The van der Waals surface area contributed by atoms with Gasteiger partial charge in [-0.1, -0.05) is 6.92 Å². The van der Waals surface area contributed by atoms with E-state index in [1.165, 1.54) is 15.8 Å². The van der Waals surface area contributed by atoms with Gasteiger partial charge in [0.15, 0.2) is 0 Å². The molecule has 0 amide bonds. The largest absolute Gasteiger partial charge is 0.462 e. The Hall–Kier alpha value is -1.73. The molecule has 2 heterocycles. The van der Waals surface area contributed by atoms with Gasteiger partial charge in [0.2, 0.25) is 0 Å². The predicted molar refractivity (Wildman–Crippen MR) is 92.6 cm³/mol. The number of carbonyl (C=O) groups is 1. The summed E-state index contributed by atoms with van der Waals surface area (Å²) in [6.07, 6.45) is 4.45. The Bertz CT molecular complexity index is 811. The number of esters is 1. The van der Waals surface area contributed by atoms with Crippen LogP contribution in [0.1, 0.15) is 36.8 Å². The lowest BCUT2D eigenvalue weighted by molar-refractivity contribution is -0.148. The molecule has 2 aromatic rings. The van der Waals surface area contributed by atoms with Crippen molar-refractivity contribution in [3.8, 4) is 0 Å². The highest BCUT2D eigenvalue weighted by molar-refractivity contribution is 7.18. The molecule has 0 aliphatic heterocycles. The van der Waals surface area contributed by atoms with Gasteiger partial charge in [-0.05, 0) is 37.7 Å². The average molecular weight is 350 g/mol. The van der Waals surface area contributed by atoms with Crippen LogP contribution < -0.4 is 5.56 Å². The molecule has 1 aliphatic rings. The average Bonchev–Trinajstić information content (AvgIpc) is 2.92. The molecule has 0 unspecified atom stereocenters. The summed E-state index contributed by atoms with van der Waals surface area (Å²) in [5, 5.41) is 0.681. The molecule has 1 aliphatic carbocycles. The van der Waals surface area contributed by atoms with Crippen LogP contribution in [-0.2, 0) is 27.1 Å². The van der Waals surface area contributed by atoms with Gasteiger partial charge in [0.05, 0.1) is 18.3 Å². The van der Waals surface area contributed by atoms with Crippen LogP contribution in [0.15, 0.2) is 11.1 Å². The summed E-state index contributed by atoms with van der Waals surface area (Å²) in [5.74, 6) is 0.190. The lowest BCUT2D eigenvalue weighted by Gasteiger charge is -2.18. The third-order valence-corrected chi connectivity index (χ3v) is 5.69. The number of carbonyl (C=O) groups excluding carboxylic acids is 1. The number of aromatic nitrogens is 2. The number of rotatable bonds is 5. The third-order valence-electron chi connectivity index (χ3n) is 4.53. The molecule has 0 radical (unpaired) electrons. The van der Waals surface area contributed by atoms with Crippen molar-refractivity contribution in [1.82, 2.24) is 9.55 Å². The fourth-order valence-corrected chi connectivity index (χ4v) is 4.42. The summed E-state index contributed by atoms with van der Waals surface area (Å²) < 4.78 is 11.4. The summed E-state index contributed by atoms with van der Waals surface area (Å²) in [6.45, 7) is 4.40. The number of nitrogens with zero attached hydrogens (tertiary/aromatic N) is 2. The second-order valence-electron chi connectivity index (χ2n) is 6.33. The van der Waals surface area contributed by atoms with Gasteiger partial charge in [0.25, 0.3) is 5.56 Å². The van der Waals surface area contributed by atoms with E-state index in [0.29, 0.717) is 17.9 Å². The van der Waals surface area contributed by atoms with E-state index in [2.05, 4.69) is 11.9 Å². The molecule has 6 nitrogen and oxygen atoms in total. The van der Waals surface area contributed by atoms with Crippen LogP contribution in [0.25, 0.3) is 10.2 Å². The van der Waals surface area contributed by atoms with Crippen LogP contribution in [0, 0.1) is 5.92 Å². The minimum atomic E-state index is -0.704. The minimum absolute atomic E-state index is 0.150. The van der Waals surface area contributed by atoms with Crippen LogP contribution >= 0.6 is 11.3 Å². The van der Waals surface area contributed by atoms with Crippen LogP contribution in [0.4, 0.5) is 0 Å². The molecule has 2 atom stereocenters. The maximum atomic E-state index is 12.9. The molecule has 3 rings (SSSR count). The lowest BCUT2D eigenvalue weighted by atomic mass is 9.89. The van der Waals surface area contributed by atoms with E-state index in [-0.39, 0.29) is 12.2 Å². The van der Waals surface area contributed by atoms with Crippen molar-refractivity contribution in [3.63, 3.8) is 0 Å². The van der Waals surface area contributed by atoms with Gasteiger partial charge in [0.1, 0.15) is 17.5 Å². The van der Waals surface area contributed by atoms with Crippen molar-refractivity contribution in [3.05, 3.63) is 27.1 Å². The molecule has 0 fully saturated rings. The summed E-state index contributed by atoms with van der Waals surface area (Å²) in [4.78, 5) is 31.5. The Morgan fingerprint density at radius 3 is 3.04 bits per heavy atom. The number of hydrogen-bond acceptors (Lipinski definition) is 6. The van der Waals surface area contributed by atoms with Gasteiger partial charge in [-0.2, -0.15) is 0 Å². The molecule has 2 aromatic heterocycles. The molecular weight excluding hydrogens is 328 g/mol. The number of ether oxygens (including phenoxy) is 2. The van der Waals surface area contributed by atoms with Crippen LogP contribution in [0.5, 0.6) is 0 Å². The van der Waals surface area contributed by atoms with Crippen molar-refractivity contribution in [2.45, 2.75) is 39.2 Å². The van der Waals surface area contributed by atoms with Crippen LogP contribution in [0.3, 0.4) is 0 Å². The summed E-state index contributed by atoms with van der Waals surface area (Å²) in [6, 6.07) is -0.704. The topological polar surface area (TPSA) is 70.4 Å². The lowest BCUT2D eigenvalue weighted by Crippen LogP contribution is -2.30. The summed E-state index contributed by atoms with van der Waals surface area (Å²) in [7, 11) is 1.54. The summed E-state index contributed by atoms with van der Waals surface area (Å²) >= 11 is 1.61. The number of aryl methyl sites for hydroxylation is 1. The molecule has 0 bridgehead atoms. The monoisotopic (exact) mass is 350 g/mol. The fraction of sp³-hybridized carbons (Fsp3) is 0.588. The predicted octanol–water partition coefficient (Wildman–Crippen LogP) is 2.33. The molecule has 24 heavy (non-hydrogen) atoms. The van der Waals surface area contributed by atoms with Crippen LogP contribution in [-0.4, -0.2) is 35.8 Å². The summed E-state index contributed by atoms with van der Waals surface area (Å²) in [5.41, 5.74) is 0.975. The van der Waals surface area contributed by atoms with Gasteiger partial charge in [-0.3, -0.25) is 9.36 Å². The van der Waals surface area contributed by atoms with Crippen LogP contribution in [0.2, 0.25) is 0 Å². The van der Waals surface area contributed by atoms with E-state index in [9.17, 15) is 9.59 Å². The Labute approximate surface area is 144 Å². The second kappa shape index (κ2) is 7.03. The Morgan fingerprint density at radius 2 is 2.29 bits per heavy atom. The van der Waals surface area contributed by atoms with Gasteiger partial charge < -0.3 is 9.47 Å². The number of methoxy groups -OCH3 is 1. The first-order valence-electron chi connectivity index (χ1n) is 8.20. The van der Waals surface area contributed by atoms with E-state index in [4.69, 9.17) is 9.47 Å². The van der Waals surface area contributed by atoms with E-state index in [1.807, 2.05) is 0 Å². The second-order valence-corrected chi connectivity index (χ2v) is 7.41. The first kappa shape index (κ1) is 17.1. The minimum Gasteiger partial charge on any atom is -0.462 e.